The summed E-state index contributed by atoms with van der Waals surface area (Å²) in [4.78, 5) is 14.2. The van der Waals surface area contributed by atoms with Crippen LogP contribution in [0.2, 0.25) is 0 Å². The van der Waals surface area contributed by atoms with Crippen molar-refractivity contribution in [1.29, 1.82) is 0 Å². The second-order valence-corrected chi connectivity index (χ2v) is 5.42. The molecule has 4 nitrogen and oxygen atoms in total. The van der Waals surface area contributed by atoms with E-state index in [-0.39, 0.29) is 5.78 Å². The third-order valence-corrected chi connectivity index (χ3v) is 3.71. The largest absolute Gasteiger partial charge is 0.497 e. The highest BCUT2D eigenvalue weighted by Gasteiger charge is 2.28. The van der Waals surface area contributed by atoms with Crippen molar-refractivity contribution in [3.63, 3.8) is 0 Å². The number of aliphatic hydroxyl groups is 1. The Hall–Kier alpha value is -1.39. The highest BCUT2D eigenvalue weighted by atomic mass is 16.5. The third-order valence-electron chi connectivity index (χ3n) is 3.71. The molecule has 4 heteroatoms. The lowest BCUT2D eigenvalue weighted by Crippen LogP contribution is -2.44. The van der Waals surface area contributed by atoms with Gasteiger partial charge in [0.05, 0.1) is 19.3 Å². The molecule has 1 aromatic carbocycles. The fourth-order valence-corrected chi connectivity index (χ4v) is 2.26. The fraction of sp³-hybridized carbons (Fsp3) is 0.533. The maximum absolute atomic E-state index is 12.1. The summed E-state index contributed by atoms with van der Waals surface area (Å²) < 4.78 is 5.07. The number of ether oxygens (including phenoxy) is 1. The molecule has 1 N–H and O–H groups in total. The predicted octanol–water partition coefficient (Wildman–Crippen LogP) is 1.72. The van der Waals surface area contributed by atoms with Crippen LogP contribution < -0.4 is 4.74 Å². The summed E-state index contributed by atoms with van der Waals surface area (Å²) >= 11 is 0. The number of hydrogen-bond acceptors (Lipinski definition) is 4. The molecule has 1 heterocycles. The number of likely N-dealkylation sites (tertiary alicyclic amines) is 1. The van der Waals surface area contributed by atoms with Gasteiger partial charge in [0.15, 0.2) is 5.78 Å². The first-order valence-electron chi connectivity index (χ1n) is 6.62. The number of Topliss-reactive ketones (excluding diaryl/α,β-unsaturated/α-hetero) is 1. The Morgan fingerprint density at radius 1 is 1.32 bits per heavy atom. The molecule has 1 aliphatic rings. The first kappa shape index (κ1) is 14.0. The van der Waals surface area contributed by atoms with Crippen molar-refractivity contribution in [1.82, 2.24) is 4.90 Å². The lowest BCUT2D eigenvalue weighted by Gasteiger charge is -2.35. The number of carbonyl (C=O) groups is 1. The molecular weight excluding hydrogens is 242 g/mol. The van der Waals surface area contributed by atoms with Gasteiger partial charge < -0.3 is 9.84 Å². The molecule has 0 radical (unpaired) electrons. The normalized spacial score (nSPS) is 19.1. The van der Waals surface area contributed by atoms with Crippen molar-refractivity contribution in [2.24, 2.45) is 0 Å². The Bertz CT molecular complexity index is 429. The van der Waals surface area contributed by atoms with E-state index < -0.39 is 5.60 Å². The number of carbonyl (C=O) groups excluding carboxylic acids is 1. The van der Waals surface area contributed by atoms with Crippen LogP contribution in [0.5, 0.6) is 5.75 Å². The van der Waals surface area contributed by atoms with Gasteiger partial charge in [-0.05, 0) is 44.0 Å². The van der Waals surface area contributed by atoms with E-state index >= 15 is 0 Å². The van der Waals surface area contributed by atoms with Gasteiger partial charge in [0.2, 0.25) is 0 Å². The van der Waals surface area contributed by atoms with Crippen molar-refractivity contribution in [3.05, 3.63) is 29.8 Å². The zero-order valence-electron chi connectivity index (χ0n) is 11.6. The van der Waals surface area contributed by atoms with Crippen LogP contribution in [0, 0.1) is 0 Å². The second-order valence-electron chi connectivity index (χ2n) is 5.42. The van der Waals surface area contributed by atoms with Crippen LogP contribution in [0.4, 0.5) is 0 Å². The molecule has 19 heavy (non-hydrogen) atoms. The average Bonchev–Trinajstić information content (AvgIpc) is 2.41. The molecule has 0 bridgehead atoms. The van der Waals surface area contributed by atoms with E-state index in [0.29, 0.717) is 12.1 Å². The van der Waals surface area contributed by atoms with E-state index in [9.17, 15) is 9.90 Å². The second kappa shape index (κ2) is 5.72. The van der Waals surface area contributed by atoms with Gasteiger partial charge in [0.25, 0.3) is 0 Å². The molecule has 1 saturated heterocycles. The fourth-order valence-electron chi connectivity index (χ4n) is 2.26. The standard InChI is InChI=1S/C15H21NO3/c1-15(18)7-9-16(10-8-15)11-14(17)12-3-5-13(19-2)6-4-12/h3-6,18H,7-11H2,1-2H3. The number of ketones is 1. The van der Waals surface area contributed by atoms with Crippen molar-refractivity contribution in [3.8, 4) is 5.75 Å². The van der Waals surface area contributed by atoms with Crippen molar-refractivity contribution >= 4 is 5.78 Å². The maximum Gasteiger partial charge on any atom is 0.176 e. The van der Waals surface area contributed by atoms with Gasteiger partial charge in [0.1, 0.15) is 5.75 Å². The number of hydrogen-bond donors (Lipinski definition) is 1. The van der Waals surface area contributed by atoms with Crippen LogP contribution in [0.1, 0.15) is 30.1 Å². The number of benzene rings is 1. The minimum atomic E-state index is -0.570. The smallest absolute Gasteiger partial charge is 0.176 e. The molecule has 1 aliphatic heterocycles. The van der Waals surface area contributed by atoms with Gasteiger partial charge in [-0.25, -0.2) is 0 Å². The molecule has 0 spiro atoms. The molecule has 0 unspecified atom stereocenters. The SMILES string of the molecule is COc1ccc(C(=O)CN2CCC(C)(O)CC2)cc1. The van der Waals surface area contributed by atoms with Crippen LogP contribution in [0.3, 0.4) is 0 Å². The summed E-state index contributed by atoms with van der Waals surface area (Å²) in [6, 6.07) is 7.19. The molecule has 0 aromatic heterocycles. The Balaban J connectivity index is 1.90. The third kappa shape index (κ3) is 3.78. The Labute approximate surface area is 114 Å². The summed E-state index contributed by atoms with van der Waals surface area (Å²) in [7, 11) is 1.61. The lowest BCUT2D eigenvalue weighted by atomic mass is 9.93. The number of piperidine rings is 1. The molecule has 0 amide bonds. The van der Waals surface area contributed by atoms with Gasteiger partial charge in [-0.15, -0.1) is 0 Å². The minimum Gasteiger partial charge on any atom is -0.497 e. The maximum atomic E-state index is 12.1. The highest BCUT2D eigenvalue weighted by molar-refractivity contribution is 5.97. The predicted molar refractivity (Wildman–Crippen MR) is 73.6 cm³/mol. The Kier molecular flexibility index (Phi) is 4.22. The zero-order chi connectivity index (χ0) is 13.9. The van der Waals surface area contributed by atoms with E-state index in [1.165, 1.54) is 0 Å². The molecule has 0 aliphatic carbocycles. The van der Waals surface area contributed by atoms with Crippen LogP contribution in [0.15, 0.2) is 24.3 Å². The summed E-state index contributed by atoms with van der Waals surface area (Å²) in [6.07, 6.45) is 1.45. The van der Waals surface area contributed by atoms with E-state index in [0.717, 1.165) is 31.7 Å². The summed E-state index contributed by atoms with van der Waals surface area (Å²) in [5.41, 5.74) is 0.137. The van der Waals surface area contributed by atoms with Crippen LogP contribution in [0.25, 0.3) is 0 Å². The number of methoxy groups -OCH3 is 1. The van der Waals surface area contributed by atoms with Gasteiger partial charge in [-0.1, -0.05) is 0 Å². The highest BCUT2D eigenvalue weighted by Crippen LogP contribution is 2.21. The number of rotatable bonds is 4. The summed E-state index contributed by atoms with van der Waals surface area (Å²) in [5.74, 6) is 0.870. The minimum absolute atomic E-state index is 0.115. The Morgan fingerprint density at radius 3 is 2.42 bits per heavy atom. The van der Waals surface area contributed by atoms with Crippen molar-refractivity contribution in [2.75, 3.05) is 26.7 Å². The first-order valence-corrected chi connectivity index (χ1v) is 6.62. The van der Waals surface area contributed by atoms with E-state index in [2.05, 4.69) is 4.90 Å². The van der Waals surface area contributed by atoms with Gasteiger partial charge in [0, 0.05) is 18.7 Å². The van der Waals surface area contributed by atoms with E-state index in [4.69, 9.17) is 4.74 Å². The molecule has 2 rings (SSSR count). The van der Waals surface area contributed by atoms with Gasteiger partial charge in [-0.2, -0.15) is 0 Å². The molecular formula is C15H21NO3. The topological polar surface area (TPSA) is 49.8 Å². The summed E-state index contributed by atoms with van der Waals surface area (Å²) in [6.45, 7) is 3.82. The summed E-state index contributed by atoms with van der Waals surface area (Å²) in [5, 5.41) is 9.88. The zero-order valence-corrected chi connectivity index (χ0v) is 11.6. The van der Waals surface area contributed by atoms with E-state index in [1.807, 2.05) is 6.92 Å². The number of nitrogens with zero attached hydrogens (tertiary/aromatic N) is 1. The Morgan fingerprint density at radius 2 is 1.89 bits per heavy atom. The quantitative estimate of drug-likeness (QED) is 0.840. The molecule has 0 saturated carbocycles. The molecule has 104 valence electrons. The lowest BCUT2D eigenvalue weighted by molar-refractivity contribution is -0.00420. The van der Waals surface area contributed by atoms with E-state index in [1.54, 1.807) is 31.4 Å². The van der Waals surface area contributed by atoms with Gasteiger partial charge >= 0.3 is 0 Å². The average molecular weight is 263 g/mol. The molecule has 1 fully saturated rings. The molecule has 0 atom stereocenters. The van der Waals surface area contributed by atoms with Crippen LogP contribution >= 0.6 is 0 Å². The monoisotopic (exact) mass is 263 g/mol. The first-order chi connectivity index (χ1) is 9.00. The van der Waals surface area contributed by atoms with Crippen molar-refractivity contribution < 1.29 is 14.6 Å². The van der Waals surface area contributed by atoms with Crippen LogP contribution in [-0.4, -0.2) is 48.1 Å². The van der Waals surface area contributed by atoms with Crippen LogP contribution in [-0.2, 0) is 0 Å². The van der Waals surface area contributed by atoms with Crippen molar-refractivity contribution in [2.45, 2.75) is 25.4 Å². The molecule has 1 aromatic rings. The van der Waals surface area contributed by atoms with Gasteiger partial charge in [-0.3, -0.25) is 9.69 Å².